The van der Waals surface area contributed by atoms with Gasteiger partial charge in [0.05, 0.1) is 18.4 Å². The highest BCUT2D eigenvalue weighted by atomic mass is 35.5. The minimum Gasteiger partial charge on any atom is -0.479 e. The summed E-state index contributed by atoms with van der Waals surface area (Å²) in [5.74, 6) is -2.39. The number of carbonyl (C=O) groups is 3. The highest BCUT2D eigenvalue weighted by Crippen LogP contribution is 2.44. The molecule has 134 valence electrons. The Hall–Kier alpha value is -2.58. The van der Waals surface area contributed by atoms with Crippen molar-refractivity contribution in [2.45, 2.75) is 11.4 Å². The average Bonchev–Trinajstić information content (AvgIpc) is 2.65. The van der Waals surface area contributed by atoms with E-state index < -0.39 is 29.3 Å². The molecule has 1 aromatic rings. The predicted molar refractivity (Wildman–Crippen MR) is 95.9 cm³/mol. The third-order valence-electron chi connectivity index (χ3n) is 3.83. The third-order valence-corrected chi connectivity index (χ3v) is 5.24. The lowest BCUT2D eigenvalue weighted by Gasteiger charge is -2.47. The summed E-state index contributed by atoms with van der Waals surface area (Å²) in [6.45, 7) is 0. The standard InChI is InChI=1S/C17H13ClN2O5S/c1-25-17(24)12(18)6-9-8-26-15-11(7-10-4-2-3-5-19-10)14(21)20(15)13(9)16(22)23/h2-8,13,15H,1H3,(H,22,23)/t13?,15-/m0/s1. The van der Waals surface area contributed by atoms with E-state index >= 15 is 0 Å². The molecule has 9 heteroatoms. The lowest BCUT2D eigenvalue weighted by Crippen LogP contribution is -2.61. The number of pyridine rings is 1. The molecule has 2 atom stereocenters. The molecule has 1 aromatic heterocycles. The van der Waals surface area contributed by atoms with E-state index in [4.69, 9.17) is 11.6 Å². The van der Waals surface area contributed by atoms with Gasteiger partial charge in [-0.3, -0.25) is 9.78 Å². The number of fused-ring (bicyclic) bond motifs is 1. The molecule has 1 saturated heterocycles. The topological polar surface area (TPSA) is 96.8 Å². The summed E-state index contributed by atoms with van der Waals surface area (Å²) in [6, 6.07) is 4.09. The maximum atomic E-state index is 12.5. The van der Waals surface area contributed by atoms with Crippen LogP contribution >= 0.6 is 23.4 Å². The first-order valence-electron chi connectivity index (χ1n) is 7.43. The molecular weight excluding hydrogens is 380 g/mol. The molecule has 1 fully saturated rings. The molecular formula is C17H13ClN2O5S. The van der Waals surface area contributed by atoms with Crippen molar-refractivity contribution in [1.82, 2.24) is 9.88 Å². The van der Waals surface area contributed by atoms with Crippen LogP contribution in [0.1, 0.15) is 5.69 Å². The quantitative estimate of drug-likeness (QED) is 0.475. The van der Waals surface area contributed by atoms with Crippen molar-refractivity contribution in [3.8, 4) is 0 Å². The van der Waals surface area contributed by atoms with E-state index in [1.54, 1.807) is 35.9 Å². The molecule has 0 saturated carbocycles. The number of hydrogen-bond donors (Lipinski definition) is 1. The summed E-state index contributed by atoms with van der Waals surface area (Å²) in [4.78, 5) is 41.1. The number of carbonyl (C=O) groups excluding carboxylic acids is 2. The maximum Gasteiger partial charge on any atom is 0.349 e. The summed E-state index contributed by atoms with van der Waals surface area (Å²) in [5, 5.41) is 10.5. The molecule has 3 heterocycles. The van der Waals surface area contributed by atoms with Crippen LogP contribution in [0, 0.1) is 0 Å². The number of halogens is 1. The second-order valence-corrected chi connectivity index (χ2v) is 6.76. The van der Waals surface area contributed by atoms with Crippen LogP contribution in [0.5, 0.6) is 0 Å². The van der Waals surface area contributed by atoms with Crippen molar-refractivity contribution in [3.05, 3.63) is 57.8 Å². The minimum atomic E-state index is -1.23. The minimum absolute atomic E-state index is 0.236. The van der Waals surface area contributed by atoms with E-state index in [1.807, 2.05) is 0 Å². The fourth-order valence-corrected chi connectivity index (χ4v) is 3.99. The number of nitrogens with zero attached hydrogens (tertiary/aromatic N) is 2. The van der Waals surface area contributed by atoms with Gasteiger partial charge in [0.1, 0.15) is 10.4 Å². The fourth-order valence-electron chi connectivity index (χ4n) is 2.64. The first-order chi connectivity index (χ1) is 12.4. The maximum absolute atomic E-state index is 12.5. The Kier molecular flexibility index (Phi) is 5.15. The molecule has 26 heavy (non-hydrogen) atoms. The highest BCUT2D eigenvalue weighted by molar-refractivity contribution is 8.03. The van der Waals surface area contributed by atoms with Crippen molar-refractivity contribution in [2.75, 3.05) is 7.11 Å². The number of esters is 1. The molecule has 2 aliphatic rings. The molecule has 1 amide bonds. The van der Waals surface area contributed by atoms with E-state index in [9.17, 15) is 19.5 Å². The van der Waals surface area contributed by atoms with Crippen molar-refractivity contribution in [2.24, 2.45) is 0 Å². The van der Waals surface area contributed by atoms with E-state index in [-0.39, 0.29) is 10.6 Å². The van der Waals surface area contributed by atoms with Crippen LogP contribution in [0.3, 0.4) is 0 Å². The largest absolute Gasteiger partial charge is 0.479 e. The number of carboxylic acid groups (broad SMARTS) is 1. The first kappa shape index (κ1) is 18.2. The highest BCUT2D eigenvalue weighted by Gasteiger charge is 2.51. The van der Waals surface area contributed by atoms with Gasteiger partial charge in [0.25, 0.3) is 5.91 Å². The van der Waals surface area contributed by atoms with Gasteiger partial charge in [-0.1, -0.05) is 17.7 Å². The zero-order valence-corrected chi connectivity index (χ0v) is 15.0. The predicted octanol–water partition coefficient (Wildman–Crippen LogP) is 2.01. The Bertz CT molecular complexity index is 865. The van der Waals surface area contributed by atoms with Crippen molar-refractivity contribution < 1.29 is 24.2 Å². The third kappa shape index (κ3) is 3.25. The van der Waals surface area contributed by atoms with Crippen LogP contribution < -0.4 is 0 Å². The van der Waals surface area contributed by atoms with Crippen LogP contribution in [0.2, 0.25) is 0 Å². The lowest BCUT2D eigenvalue weighted by atomic mass is 9.96. The second-order valence-electron chi connectivity index (χ2n) is 5.40. The van der Waals surface area contributed by atoms with Gasteiger partial charge >= 0.3 is 11.9 Å². The van der Waals surface area contributed by atoms with Crippen LogP contribution in [0.15, 0.2) is 52.1 Å². The number of β-lactam (4-membered cyclic amide) rings is 1. The van der Waals surface area contributed by atoms with E-state index in [0.717, 1.165) is 0 Å². The lowest BCUT2D eigenvalue weighted by molar-refractivity contribution is -0.150. The molecule has 0 aromatic carbocycles. The molecule has 3 rings (SSSR count). The number of thioether (sulfide) groups is 1. The van der Waals surface area contributed by atoms with E-state index in [1.165, 1.54) is 29.8 Å². The van der Waals surface area contributed by atoms with Gasteiger partial charge in [-0.2, -0.15) is 0 Å². The van der Waals surface area contributed by atoms with Crippen LogP contribution in [0.25, 0.3) is 6.08 Å². The van der Waals surface area contributed by atoms with Crippen LogP contribution in [-0.4, -0.2) is 51.4 Å². The molecule has 0 radical (unpaired) electrons. The SMILES string of the molecule is COC(=O)C(Cl)=CC1=CS[C@H]2C(=Cc3ccccn3)C(=O)N2C1C(=O)O. The number of hydrogen-bond acceptors (Lipinski definition) is 6. The summed E-state index contributed by atoms with van der Waals surface area (Å²) in [7, 11) is 1.17. The monoisotopic (exact) mass is 392 g/mol. The Labute approximate surface area is 158 Å². The van der Waals surface area contributed by atoms with Gasteiger partial charge in [0.15, 0.2) is 6.04 Å². The summed E-state index contributed by atoms with van der Waals surface area (Å²) in [6.07, 6.45) is 4.47. The van der Waals surface area contributed by atoms with Gasteiger partial charge in [0.2, 0.25) is 0 Å². The van der Waals surface area contributed by atoms with Gasteiger partial charge in [-0.15, -0.1) is 11.8 Å². The molecule has 2 aliphatic heterocycles. The first-order valence-corrected chi connectivity index (χ1v) is 8.75. The number of rotatable bonds is 4. The molecule has 7 nitrogen and oxygen atoms in total. The number of ether oxygens (including phenoxy) is 1. The number of methoxy groups -OCH3 is 1. The van der Waals surface area contributed by atoms with Gasteiger partial charge in [0, 0.05) is 6.20 Å². The van der Waals surface area contributed by atoms with E-state index in [2.05, 4.69) is 9.72 Å². The zero-order valence-electron chi connectivity index (χ0n) is 13.5. The van der Waals surface area contributed by atoms with Crippen LogP contribution in [-0.2, 0) is 19.1 Å². The molecule has 0 spiro atoms. The molecule has 1 N–H and O–H groups in total. The van der Waals surface area contributed by atoms with Gasteiger partial charge in [-0.05, 0) is 35.3 Å². The van der Waals surface area contributed by atoms with Crippen molar-refractivity contribution in [1.29, 1.82) is 0 Å². The molecule has 1 unspecified atom stereocenters. The van der Waals surface area contributed by atoms with Gasteiger partial charge < -0.3 is 14.7 Å². The zero-order chi connectivity index (χ0) is 18.8. The number of carboxylic acids is 1. The number of amides is 1. The normalized spacial score (nSPS) is 23.8. The van der Waals surface area contributed by atoms with E-state index in [0.29, 0.717) is 11.3 Å². The molecule has 0 bridgehead atoms. The Morgan fingerprint density at radius 1 is 1.42 bits per heavy atom. The molecule has 0 aliphatic carbocycles. The Balaban J connectivity index is 1.92. The Morgan fingerprint density at radius 3 is 2.81 bits per heavy atom. The fraction of sp³-hybridized carbons (Fsp3) is 0.176. The average molecular weight is 393 g/mol. The van der Waals surface area contributed by atoms with Crippen molar-refractivity contribution in [3.63, 3.8) is 0 Å². The smallest absolute Gasteiger partial charge is 0.349 e. The summed E-state index contributed by atoms with van der Waals surface area (Å²) >= 11 is 7.09. The summed E-state index contributed by atoms with van der Waals surface area (Å²) in [5.41, 5.74) is 1.32. The summed E-state index contributed by atoms with van der Waals surface area (Å²) < 4.78 is 4.50. The number of aromatic nitrogens is 1. The van der Waals surface area contributed by atoms with Crippen LogP contribution in [0.4, 0.5) is 0 Å². The Morgan fingerprint density at radius 2 is 2.19 bits per heavy atom. The van der Waals surface area contributed by atoms with Gasteiger partial charge in [-0.25, -0.2) is 9.59 Å². The van der Waals surface area contributed by atoms with Crippen molar-refractivity contribution >= 4 is 47.3 Å². The number of aliphatic carboxylic acids is 1. The second kappa shape index (κ2) is 7.35.